The Hall–Kier alpha value is -1.64. The number of hydrogen-bond acceptors (Lipinski definition) is 3. The number of guanidine groups is 1. The Labute approximate surface area is 198 Å². The molecule has 5 nitrogen and oxygen atoms in total. The zero-order valence-corrected chi connectivity index (χ0v) is 20.5. The second kappa shape index (κ2) is 13.6. The fourth-order valence-corrected chi connectivity index (χ4v) is 3.66. The van der Waals surface area contributed by atoms with Crippen molar-refractivity contribution in [1.29, 1.82) is 0 Å². The van der Waals surface area contributed by atoms with E-state index in [1.807, 2.05) is 25.2 Å². The van der Waals surface area contributed by atoms with Crippen molar-refractivity contribution in [3.63, 3.8) is 0 Å². The molecule has 0 atom stereocenters. The Morgan fingerprint density at radius 2 is 1.77 bits per heavy atom. The molecule has 0 bridgehead atoms. The Balaban J connectivity index is 0.00000320. The van der Waals surface area contributed by atoms with E-state index in [1.165, 1.54) is 16.7 Å². The number of rotatable bonds is 8. The maximum absolute atomic E-state index is 5.73. The molecule has 164 valence electrons. The maximum atomic E-state index is 5.73. The SMILES string of the molecule is CN=C(NCCOCc1ccccc1)NC1CCN(Cc2ccccc2C)CC1.I. The van der Waals surface area contributed by atoms with Crippen LogP contribution in [0.2, 0.25) is 0 Å². The molecule has 0 aromatic heterocycles. The van der Waals surface area contributed by atoms with Gasteiger partial charge in [0.05, 0.1) is 13.2 Å². The molecule has 2 aromatic carbocycles. The van der Waals surface area contributed by atoms with Crippen LogP contribution in [-0.4, -0.2) is 50.2 Å². The van der Waals surface area contributed by atoms with Crippen LogP contribution in [0.5, 0.6) is 0 Å². The Bertz CT molecular complexity index is 761. The van der Waals surface area contributed by atoms with E-state index in [0.29, 0.717) is 19.3 Å². The van der Waals surface area contributed by atoms with Gasteiger partial charge in [0.25, 0.3) is 0 Å². The molecule has 0 amide bonds. The largest absolute Gasteiger partial charge is 0.375 e. The number of piperidine rings is 1. The summed E-state index contributed by atoms with van der Waals surface area (Å²) in [5.74, 6) is 0.866. The smallest absolute Gasteiger partial charge is 0.191 e. The Morgan fingerprint density at radius 3 is 2.47 bits per heavy atom. The molecule has 0 unspecified atom stereocenters. The third-order valence-corrected chi connectivity index (χ3v) is 5.46. The normalized spacial score (nSPS) is 15.5. The highest BCUT2D eigenvalue weighted by Gasteiger charge is 2.20. The summed E-state index contributed by atoms with van der Waals surface area (Å²) in [7, 11) is 1.83. The molecule has 3 rings (SSSR count). The van der Waals surface area contributed by atoms with Gasteiger partial charge in [-0.3, -0.25) is 9.89 Å². The molecular weight excluding hydrogens is 487 g/mol. The summed E-state index contributed by atoms with van der Waals surface area (Å²) in [6.45, 7) is 7.53. The van der Waals surface area contributed by atoms with Crippen molar-refractivity contribution < 1.29 is 4.74 Å². The van der Waals surface area contributed by atoms with Crippen molar-refractivity contribution in [2.45, 2.75) is 39.0 Å². The van der Waals surface area contributed by atoms with Crippen molar-refractivity contribution in [3.05, 3.63) is 71.3 Å². The van der Waals surface area contributed by atoms with Crippen LogP contribution in [-0.2, 0) is 17.9 Å². The van der Waals surface area contributed by atoms with Crippen LogP contribution in [0.1, 0.15) is 29.5 Å². The van der Waals surface area contributed by atoms with E-state index in [2.05, 4.69) is 63.8 Å². The third kappa shape index (κ3) is 8.24. The van der Waals surface area contributed by atoms with Crippen LogP contribution in [0.15, 0.2) is 59.6 Å². The van der Waals surface area contributed by atoms with Crippen molar-refractivity contribution in [1.82, 2.24) is 15.5 Å². The molecule has 1 heterocycles. The number of hydrogen-bond donors (Lipinski definition) is 2. The van der Waals surface area contributed by atoms with E-state index in [1.54, 1.807) is 0 Å². The summed E-state index contributed by atoms with van der Waals surface area (Å²) in [4.78, 5) is 6.91. The first-order valence-corrected chi connectivity index (χ1v) is 10.6. The summed E-state index contributed by atoms with van der Waals surface area (Å²) in [6.07, 6.45) is 2.27. The average Bonchev–Trinajstić information content (AvgIpc) is 2.76. The number of halogens is 1. The number of aryl methyl sites for hydroxylation is 1. The average molecular weight is 522 g/mol. The fourth-order valence-electron chi connectivity index (χ4n) is 3.66. The molecule has 0 aliphatic carbocycles. The van der Waals surface area contributed by atoms with Gasteiger partial charge in [0.15, 0.2) is 5.96 Å². The minimum atomic E-state index is 0. The topological polar surface area (TPSA) is 48.9 Å². The van der Waals surface area contributed by atoms with Gasteiger partial charge in [0.1, 0.15) is 0 Å². The van der Waals surface area contributed by atoms with Crippen LogP contribution in [0.25, 0.3) is 0 Å². The number of nitrogens with one attached hydrogen (secondary N) is 2. The lowest BCUT2D eigenvalue weighted by atomic mass is 10.0. The van der Waals surface area contributed by atoms with Gasteiger partial charge in [0, 0.05) is 39.3 Å². The summed E-state index contributed by atoms with van der Waals surface area (Å²) in [5.41, 5.74) is 4.02. The first-order valence-electron chi connectivity index (χ1n) is 10.6. The molecular formula is C24H35IN4O. The van der Waals surface area contributed by atoms with Crippen LogP contribution < -0.4 is 10.6 Å². The highest BCUT2D eigenvalue weighted by molar-refractivity contribution is 14.0. The minimum absolute atomic E-state index is 0. The second-order valence-corrected chi connectivity index (χ2v) is 7.66. The molecule has 0 saturated carbocycles. The van der Waals surface area contributed by atoms with Crippen molar-refractivity contribution in [2.75, 3.05) is 33.3 Å². The molecule has 6 heteroatoms. The molecule has 30 heavy (non-hydrogen) atoms. The molecule has 0 spiro atoms. The standard InChI is InChI=1S/C24H34N4O.HI/c1-20-8-6-7-11-22(20)18-28-15-12-23(13-16-28)27-24(25-2)26-14-17-29-19-21-9-4-3-5-10-21;/h3-11,23H,12-19H2,1-2H3,(H2,25,26,27);1H. The molecule has 1 saturated heterocycles. The van der Waals surface area contributed by atoms with Gasteiger partial charge in [-0.2, -0.15) is 0 Å². The monoisotopic (exact) mass is 522 g/mol. The lowest BCUT2D eigenvalue weighted by molar-refractivity contribution is 0.125. The van der Waals surface area contributed by atoms with E-state index in [4.69, 9.17) is 4.74 Å². The lowest BCUT2D eigenvalue weighted by Gasteiger charge is -2.33. The van der Waals surface area contributed by atoms with Gasteiger partial charge in [-0.05, 0) is 36.5 Å². The summed E-state index contributed by atoms with van der Waals surface area (Å²) in [5, 5.41) is 6.93. The molecule has 1 aliphatic rings. The van der Waals surface area contributed by atoms with Crippen LogP contribution >= 0.6 is 24.0 Å². The first kappa shape index (κ1) is 24.6. The quantitative estimate of drug-likeness (QED) is 0.239. The molecule has 0 radical (unpaired) electrons. The van der Waals surface area contributed by atoms with E-state index in [-0.39, 0.29) is 24.0 Å². The number of aliphatic imine (C=N–C) groups is 1. The third-order valence-electron chi connectivity index (χ3n) is 5.46. The van der Waals surface area contributed by atoms with Crippen molar-refractivity contribution in [2.24, 2.45) is 4.99 Å². The Morgan fingerprint density at radius 1 is 1.07 bits per heavy atom. The highest BCUT2D eigenvalue weighted by Crippen LogP contribution is 2.16. The van der Waals surface area contributed by atoms with Gasteiger partial charge >= 0.3 is 0 Å². The van der Waals surface area contributed by atoms with Gasteiger partial charge in [0.2, 0.25) is 0 Å². The van der Waals surface area contributed by atoms with E-state index >= 15 is 0 Å². The van der Waals surface area contributed by atoms with E-state index < -0.39 is 0 Å². The lowest BCUT2D eigenvalue weighted by Crippen LogP contribution is -2.49. The number of benzene rings is 2. The van der Waals surface area contributed by atoms with Crippen LogP contribution in [0.3, 0.4) is 0 Å². The molecule has 1 fully saturated rings. The molecule has 1 aliphatic heterocycles. The van der Waals surface area contributed by atoms with Gasteiger partial charge in [-0.1, -0.05) is 54.6 Å². The number of ether oxygens (including phenoxy) is 1. The summed E-state index contributed by atoms with van der Waals surface area (Å²) < 4.78 is 5.73. The maximum Gasteiger partial charge on any atom is 0.191 e. The first-order chi connectivity index (χ1) is 14.2. The highest BCUT2D eigenvalue weighted by atomic mass is 127. The van der Waals surface area contributed by atoms with E-state index in [9.17, 15) is 0 Å². The fraction of sp³-hybridized carbons (Fsp3) is 0.458. The van der Waals surface area contributed by atoms with E-state index in [0.717, 1.165) is 45.0 Å². The minimum Gasteiger partial charge on any atom is -0.375 e. The van der Waals surface area contributed by atoms with Gasteiger partial charge < -0.3 is 15.4 Å². The van der Waals surface area contributed by atoms with Crippen LogP contribution in [0.4, 0.5) is 0 Å². The van der Waals surface area contributed by atoms with Crippen molar-refractivity contribution in [3.8, 4) is 0 Å². The zero-order chi connectivity index (χ0) is 20.3. The predicted octanol–water partition coefficient (Wildman–Crippen LogP) is 3.96. The summed E-state index contributed by atoms with van der Waals surface area (Å²) >= 11 is 0. The predicted molar refractivity (Wildman–Crippen MR) is 135 cm³/mol. The Kier molecular flexibility index (Phi) is 11.2. The second-order valence-electron chi connectivity index (χ2n) is 7.66. The number of nitrogens with zero attached hydrogens (tertiary/aromatic N) is 2. The molecule has 2 aromatic rings. The zero-order valence-electron chi connectivity index (χ0n) is 18.1. The molecule has 2 N–H and O–H groups in total. The van der Waals surface area contributed by atoms with Crippen molar-refractivity contribution >= 4 is 29.9 Å². The summed E-state index contributed by atoms with van der Waals surface area (Å²) in [6, 6.07) is 19.4. The van der Waals surface area contributed by atoms with Gasteiger partial charge in [-0.25, -0.2) is 0 Å². The number of likely N-dealkylation sites (tertiary alicyclic amines) is 1. The van der Waals surface area contributed by atoms with Crippen LogP contribution in [0, 0.1) is 6.92 Å². The van der Waals surface area contributed by atoms with Gasteiger partial charge in [-0.15, -0.1) is 24.0 Å².